The minimum absolute atomic E-state index is 0.0929. The number of aliphatic hydroxyl groups excluding tert-OH is 1. The van der Waals surface area contributed by atoms with Crippen molar-refractivity contribution < 1.29 is 19.8 Å². The largest absolute Gasteiger partial charge is 0.478 e. The summed E-state index contributed by atoms with van der Waals surface area (Å²) in [5.41, 5.74) is 1.43. The normalized spacial score (nSPS) is 10.2. The van der Waals surface area contributed by atoms with E-state index in [0.29, 0.717) is 17.8 Å². The number of hydrogen-bond donors (Lipinski definition) is 3. The number of rotatable bonds is 6. The lowest BCUT2D eigenvalue weighted by molar-refractivity contribution is 0.0697. The first-order valence-electron chi connectivity index (χ1n) is 6.50. The highest BCUT2D eigenvalue weighted by Gasteiger charge is 2.13. The van der Waals surface area contributed by atoms with Crippen molar-refractivity contribution >= 4 is 17.7 Å². The monoisotopic (exact) mass is 280 g/mol. The fraction of sp³-hybridized carbons (Fsp3) is 0.429. The van der Waals surface area contributed by atoms with E-state index in [-0.39, 0.29) is 24.7 Å². The number of carboxylic acids is 1. The van der Waals surface area contributed by atoms with E-state index in [1.54, 1.807) is 13.0 Å². The SMILES string of the molecule is CCCN(CCO)C(=O)Nc1ccc(C(=O)O)cc1C. The van der Waals surface area contributed by atoms with E-state index in [2.05, 4.69) is 5.32 Å². The Morgan fingerprint density at radius 1 is 1.30 bits per heavy atom. The maximum absolute atomic E-state index is 12.1. The van der Waals surface area contributed by atoms with Gasteiger partial charge in [0.1, 0.15) is 0 Å². The maximum Gasteiger partial charge on any atom is 0.335 e. The van der Waals surface area contributed by atoms with Gasteiger partial charge >= 0.3 is 12.0 Å². The molecule has 0 bridgehead atoms. The van der Waals surface area contributed by atoms with Crippen LogP contribution < -0.4 is 5.32 Å². The molecule has 0 heterocycles. The van der Waals surface area contributed by atoms with Gasteiger partial charge in [-0.3, -0.25) is 0 Å². The lowest BCUT2D eigenvalue weighted by atomic mass is 10.1. The second-order valence-corrected chi connectivity index (χ2v) is 4.48. The van der Waals surface area contributed by atoms with Crippen LogP contribution in [-0.2, 0) is 0 Å². The number of carboxylic acid groups (broad SMARTS) is 1. The van der Waals surface area contributed by atoms with Gasteiger partial charge in [-0.2, -0.15) is 0 Å². The van der Waals surface area contributed by atoms with Crippen LogP contribution in [-0.4, -0.2) is 46.8 Å². The van der Waals surface area contributed by atoms with Crippen LogP contribution in [0.4, 0.5) is 10.5 Å². The van der Waals surface area contributed by atoms with Crippen LogP contribution in [0.5, 0.6) is 0 Å². The average molecular weight is 280 g/mol. The number of aliphatic hydroxyl groups is 1. The molecule has 0 radical (unpaired) electrons. The molecule has 1 aromatic carbocycles. The Balaban J connectivity index is 2.81. The Kier molecular flexibility index (Phi) is 5.99. The molecule has 0 spiro atoms. The Morgan fingerprint density at radius 2 is 2.00 bits per heavy atom. The van der Waals surface area contributed by atoms with Crippen LogP contribution in [0.2, 0.25) is 0 Å². The summed E-state index contributed by atoms with van der Waals surface area (Å²) >= 11 is 0. The average Bonchev–Trinajstić information content (AvgIpc) is 2.40. The van der Waals surface area contributed by atoms with Crippen molar-refractivity contribution in [3.63, 3.8) is 0 Å². The number of hydrogen-bond acceptors (Lipinski definition) is 3. The third-order valence-electron chi connectivity index (χ3n) is 2.87. The predicted molar refractivity (Wildman–Crippen MR) is 76.1 cm³/mol. The topological polar surface area (TPSA) is 89.9 Å². The van der Waals surface area contributed by atoms with Gasteiger partial charge in [-0.15, -0.1) is 0 Å². The molecule has 0 aromatic heterocycles. The molecule has 0 fully saturated rings. The molecule has 0 aliphatic heterocycles. The molecule has 6 nitrogen and oxygen atoms in total. The van der Waals surface area contributed by atoms with Gasteiger partial charge in [0.05, 0.1) is 12.2 Å². The number of nitrogens with zero attached hydrogens (tertiary/aromatic N) is 1. The highest BCUT2D eigenvalue weighted by Crippen LogP contribution is 2.17. The first-order valence-corrected chi connectivity index (χ1v) is 6.50. The molecule has 1 aromatic rings. The van der Waals surface area contributed by atoms with Gasteiger partial charge in [0.25, 0.3) is 0 Å². The van der Waals surface area contributed by atoms with E-state index in [0.717, 1.165) is 6.42 Å². The molecule has 0 unspecified atom stereocenters. The van der Waals surface area contributed by atoms with Gasteiger partial charge in [-0.05, 0) is 37.1 Å². The molecular formula is C14H20N2O4. The molecule has 0 atom stereocenters. The summed E-state index contributed by atoms with van der Waals surface area (Å²) in [6.07, 6.45) is 0.796. The molecule has 6 heteroatoms. The van der Waals surface area contributed by atoms with Gasteiger partial charge in [-0.25, -0.2) is 9.59 Å². The van der Waals surface area contributed by atoms with Crippen LogP contribution in [0.25, 0.3) is 0 Å². The zero-order valence-electron chi connectivity index (χ0n) is 11.7. The summed E-state index contributed by atoms with van der Waals surface area (Å²) in [5, 5.41) is 20.6. The maximum atomic E-state index is 12.1. The molecule has 0 aliphatic carbocycles. The predicted octanol–water partition coefficient (Wildman–Crippen LogP) is 1.93. The number of carbonyl (C=O) groups excluding carboxylic acids is 1. The lowest BCUT2D eigenvalue weighted by Crippen LogP contribution is -2.37. The fourth-order valence-electron chi connectivity index (χ4n) is 1.84. The standard InChI is InChI=1S/C14H20N2O4/c1-3-6-16(7-8-17)14(20)15-12-5-4-11(13(18)19)9-10(12)2/h4-5,9,17H,3,6-8H2,1-2H3,(H,15,20)(H,18,19). The number of aryl methyl sites for hydroxylation is 1. The Morgan fingerprint density at radius 3 is 2.50 bits per heavy atom. The molecule has 1 rings (SSSR count). The van der Waals surface area contributed by atoms with E-state index in [4.69, 9.17) is 10.2 Å². The highest BCUT2D eigenvalue weighted by atomic mass is 16.4. The van der Waals surface area contributed by atoms with Crippen LogP contribution in [0, 0.1) is 6.92 Å². The molecular weight excluding hydrogens is 260 g/mol. The van der Waals surface area contributed by atoms with E-state index in [1.807, 2.05) is 6.92 Å². The number of amides is 2. The van der Waals surface area contributed by atoms with E-state index >= 15 is 0 Å². The van der Waals surface area contributed by atoms with Crippen molar-refractivity contribution in [2.75, 3.05) is 25.0 Å². The summed E-state index contributed by atoms with van der Waals surface area (Å²) in [5.74, 6) is -1.00. The quantitative estimate of drug-likeness (QED) is 0.742. The third-order valence-corrected chi connectivity index (χ3v) is 2.87. The zero-order valence-corrected chi connectivity index (χ0v) is 11.7. The number of urea groups is 1. The van der Waals surface area contributed by atoms with E-state index < -0.39 is 5.97 Å². The number of benzene rings is 1. The van der Waals surface area contributed by atoms with Crippen LogP contribution in [0.15, 0.2) is 18.2 Å². The summed E-state index contributed by atoms with van der Waals surface area (Å²) in [4.78, 5) is 24.4. The molecule has 0 aliphatic rings. The Labute approximate surface area is 118 Å². The number of nitrogens with one attached hydrogen (secondary N) is 1. The Hall–Kier alpha value is -2.08. The second-order valence-electron chi connectivity index (χ2n) is 4.48. The second kappa shape index (κ2) is 7.49. The van der Waals surface area contributed by atoms with Crippen LogP contribution >= 0.6 is 0 Å². The van der Waals surface area contributed by atoms with Gasteiger partial charge in [0.15, 0.2) is 0 Å². The minimum atomic E-state index is -1.00. The first kappa shape index (κ1) is 16.0. The number of carbonyl (C=O) groups is 2. The van der Waals surface area contributed by atoms with Crippen molar-refractivity contribution in [1.29, 1.82) is 0 Å². The van der Waals surface area contributed by atoms with Crippen molar-refractivity contribution in [1.82, 2.24) is 4.90 Å². The summed E-state index contributed by atoms with van der Waals surface area (Å²) < 4.78 is 0. The molecule has 110 valence electrons. The summed E-state index contributed by atoms with van der Waals surface area (Å²) in [6, 6.07) is 4.22. The van der Waals surface area contributed by atoms with Gasteiger partial charge in [0.2, 0.25) is 0 Å². The van der Waals surface area contributed by atoms with Crippen molar-refractivity contribution in [2.45, 2.75) is 20.3 Å². The molecule has 0 saturated carbocycles. The molecule has 3 N–H and O–H groups in total. The van der Waals surface area contributed by atoms with Gasteiger partial charge in [-0.1, -0.05) is 6.92 Å². The summed E-state index contributed by atoms with van der Waals surface area (Å²) in [7, 11) is 0. The van der Waals surface area contributed by atoms with Gasteiger partial charge in [0, 0.05) is 18.8 Å². The van der Waals surface area contributed by atoms with E-state index in [9.17, 15) is 9.59 Å². The van der Waals surface area contributed by atoms with Crippen molar-refractivity contribution in [3.05, 3.63) is 29.3 Å². The Bertz CT molecular complexity index is 482. The number of anilines is 1. The third kappa shape index (κ3) is 4.24. The summed E-state index contributed by atoms with van der Waals surface area (Å²) in [6.45, 7) is 4.41. The lowest BCUT2D eigenvalue weighted by Gasteiger charge is -2.22. The zero-order chi connectivity index (χ0) is 15.1. The van der Waals surface area contributed by atoms with Crippen LogP contribution in [0.1, 0.15) is 29.3 Å². The fourth-order valence-corrected chi connectivity index (χ4v) is 1.84. The minimum Gasteiger partial charge on any atom is -0.478 e. The van der Waals surface area contributed by atoms with Crippen molar-refractivity contribution in [2.24, 2.45) is 0 Å². The van der Waals surface area contributed by atoms with Crippen molar-refractivity contribution in [3.8, 4) is 0 Å². The number of aromatic carboxylic acids is 1. The highest BCUT2D eigenvalue weighted by molar-refractivity contribution is 5.92. The first-order chi connectivity index (χ1) is 9.49. The van der Waals surface area contributed by atoms with E-state index in [1.165, 1.54) is 17.0 Å². The molecule has 20 heavy (non-hydrogen) atoms. The smallest absolute Gasteiger partial charge is 0.335 e. The van der Waals surface area contributed by atoms with Gasteiger partial charge < -0.3 is 20.4 Å². The molecule has 0 saturated heterocycles. The molecule has 2 amide bonds. The van der Waals surface area contributed by atoms with Crippen LogP contribution in [0.3, 0.4) is 0 Å².